The second-order valence-electron chi connectivity index (χ2n) is 6.54. The summed E-state index contributed by atoms with van der Waals surface area (Å²) in [5.41, 5.74) is 1.92. The number of aliphatic hydroxyl groups is 1. The molecule has 0 heterocycles. The van der Waals surface area contributed by atoms with Crippen LogP contribution >= 0.6 is 24.0 Å². The van der Waals surface area contributed by atoms with Crippen molar-refractivity contribution >= 4 is 29.9 Å². The molecule has 2 aromatic carbocycles. The van der Waals surface area contributed by atoms with Gasteiger partial charge in [-0.3, -0.25) is 4.99 Å². The number of methoxy groups -OCH3 is 2. The minimum atomic E-state index is -0.763. The molecule has 0 radical (unpaired) electrons. The lowest BCUT2D eigenvalue weighted by atomic mass is 10.0. The van der Waals surface area contributed by atoms with E-state index in [0.29, 0.717) is 42.0 Å². The van der Waals surface area contributed by atoms with E-state index < -0.39 is 6.10 Å². The number of guanidine groups is 1. The van der Waals surface area contributed by atoms with Crippen molar-refractivity contribution < 1.29 is 14.6 Å². The topological polar surface area (TPSA) is 75.1 Å². The standard InChI is InChI=1S/C22H31N3O3.HI/c1-5-23-22(24-14-16(2)17-9-7-6-8-10-17)25-15-20(26)19-13-18(27-3)11-12-21(19)28-4;/h6-13,16,20,26H,5,14-15H2,1-4H3,(H2,23,24,25);1H. The maximum atomic E-state index is 10.6. The fourth-order valence-corrected chi connectivity index (χ4v) is 2.86. The summed E-state index contributed by atoms with van der Waals surface area (Å²) in [6.45, 7) is 5.86. The normalized spacial score (nSPS) is 13.1. The van der Waals surface area contributed by atoms with Crippen molar-refractivity contribution in [3.05, 3.63) is 59.7 Å². The molecule has 6 nitrogen and oxygen atoms in total. The van der Waals surface area contributed by atoms with Crippen molar-refractivity contribution in [2.75, 3.05) is 33.9 Å². The van der Waals surface area contributed by atoms with Gasteiger partial charge in [0.25, 0.3) is 0 Å². The molecule has 2 unspecified atom stereocenters. The summed E-state index contributed by atoms with van der Waals surface area (Å²) in [5, 5.41) is 17.1. The predicted octanol–water partition coefficient (Wildman–Crippen LogP) is 3.71. The number of rotatable bonds is 9. The molecule has 0 aliphatic heterocycles. The lowest BCUT2D eigenvalue weighted by molar-refractivity contribution is 0.176. The molecule has 2 atom stereocenters. The van der Waals surface area contributed by atoms with E-state index in [0.717, 1.165) is 6.54 Å². The smallest absolute Gasteiger partial charge is 0.191 e. The Bertz CT molecular complexity index is 756. The molecule has 0 aliphatic carbocycles. The van der Waals surface area contributed by atoms with Crippen LogP contribution < -0.4 is 20.1 Å². The zero-order valence-corrected chi connectivity index (χ0v) is 19.8. The van der Waals surface area contributed by atoms with Crippen molar-refractivity contribution in [3.8, 4) is 11.5 Å². The van der Waals surface area contributed by atoms with E-state index in [2.05, 4.69) is 34.7 Å². The quantitative estimate of drug-likeness (QED) is 0.271. The maximum Gasteiger partial charge on any atom is 0.191 e. The molecule has 160 valence electrons. The summed E-state index contributed by atoms with van der Waals surface area (Å²) in [5.74, 6) is 2.27. The number of aliphatic imine (C=N–C) groups is 1. The summed E-state index contributed by atoms with van der Waals surface area (Å²) in [7, 11) is 3.18. The molecule has 0 aliphatic rings. The first-order valence-electron chi connectivity index (χ1n) is 9.56. The van der Waals surface area contributed by atoms with E-state index in [4.69, 9.17) is 9.47 Å². The third-order valence-corrected chi connectivity index (χ3v) is 4.49. The Morgan fingerprint density at radius 3 is 2.41 bits per heavy atom. The van der Waals surface area contributed by atoms with Crippen LogP contribution in [0.5, 0.6) is 11.5 Å². The molecule has 0 spiro atoms. The van der Waals surface area contributed by atoms with Crippen molar-refractivity contribution in [2.45, 2.75) is 25.9 Å². The molecule has 0 saturated carbocycles. The van der Waals surface area contributed by atoms with E-state index in [1.165, 1.54) is 5.56 Å². The highest BCUT2D eigenvalue weighted by molar-refractivity contribution is 14.0. The number of halogens is 1. The Morgan fingerprint density at radius 2 is 1.79 bits per heavy atom. The van der Waals surface area contributed by atoms with Gasteiger partial charge in [0.05, 0.1) is 20.3 Å². The Balaban J connectivity index is 0.00000420. The largest absolute Gasteiger partial charge is 0.497 e. The van der Waals surface area contributed by atoms with Gasteiger partial charge in [0.1, 0.15) is 11.5 Å². The van der Waals surface area contributed by atoms with E-state index >= 15 is 0 Å². The minimum absolute atomic E-state index is 0. The zero-order chi connectivity index (χ0) is 20.4. The third-order valence-electron chi connectivity index (χ3n) is 4.49. The second-order valence-corrected chi connectivity index (χ2v) is 6.54. The fraction of sp³-hybridized carbons (Fsp3) is 0.409. The lowest BCUT2D eigenvalue weighted by Gasteiger charge is -2.19. The highest BCUT2D eigenvalue weighted by atomic mass is 127. The Labute approximate surface area is 190 Å². The number of ether oxygens (including phenoxy) is 2. The number of hydrogen-bond donors (Lipinski definition) is 3. The van der Waals surface area contributed by atoms with Crippen LogP contribution in [-0.4, -0.2) is 44.9 Å². The van der Waals surface area contributed by atoms with E-state index in [9.17, 15) is 5.11 Å². The van der Waals surface area contributed by atoms with Gasteiger partial charge in [0, 0.05) is 31.1 Å². The van der Waals surface area contributed by atoms with Gasteiger partial charge in [0.2, 0.25) is 0 Å². The average molecular weight is 513 g/mol. The zero-order valence-electron chi connectivity index (χ0n) is 17.5. The van der Waals surface area contributed by atoms with Crippen LogP contribution in [0.1, 0.15) is 37.0 Å². The molecular formula is C22H32IN3O3. The van der Waals surface area contributed by atoms with Crippen LogP contribution in [0.3, 0.4) is 0 Å². The highest BCUT2D eigenvalue weighted by Crippen LogP contribution is 2.29. The van der Waals surface area contributed by atoms with Gasteiger partial charge < -0.3 is 25.2 Å². The Hall–Kier alpha value is -2.00. The van der Waals surface area contributed by atoms with Crippen molar-refractivity contribution in [1.82, 2.24) is 10.6 Å². The predicted molar refractivity (Wildman–Crippen MR) is 129 cm³/mol. The first kappa shape index (κ1) is 25.0. The number of nitrogens with one attached hydrogen (secondary N) is 2. The van der Waals surface area contributed by atoms with E-state index in [1.807, 2.05) is 25.1 Å². The summed E-state index contributed by atoms with van der Waals surface area (Å²) in [4.78, 5) is 4.66. The van der Waals surface area contributed by atoms with Crippen LogP contribution in [0.4, 0.5) is 0 Å². The molecule has 2 aromatic rings. The summed E-state index contributed by atoms with van der Waals surface area (Å²) in [6.07, 6.45) is -0.763. The number of benzene rings is 2. The Kier molecular flexibility index (Phi) is 11.5. The van der Waals surface area contributed by atoms with Crippen LogP contribution in [0.25, 0.3) is 0 Å². The molecule has 0 saturated heterocycles. The lowest BCUT2D eigenvalue weighted by Crippen LogP contribution is -2.39. The summed E-state index contributed by atoms with van der Waals surface area (Å²) in [6, 6.07) is 15.7. The Morgan fingerprint density at radius 1 is 1.07 bits per heavy atom. The van der Waals surface area contributed by atoms with E-state index in [1.54, 1.807) is 32.4 Å². The van der Waals surface area contributed by atoms with Gasteiger partial charge in [-0.25, -0.2) is 0 Å². The molecule has 29 heavy (non-hydrogen) atoms. The van der Waals surface area contributed by atoms with Crippen LogP contribution in [0, 0.1) is 0 Å². The molecule has 7 heteroatoms. The monoisotopic (exact) mass is 513 g/mol. The molecule has 0 amide bonds. The molecular weight excluding hydrogens is 481 g/mol. The average Bonchev–Trinajstić information content (AvgIpc) is 2.75. The van der Waals surface area contributed by atoms with Gasteiger partial charge in [-0.15, -0.1) is 24.0 Å². The third kappa shape index (κ3) is 7.74. The number of hydrogen-bond acceptors (Lipinski definition) is 4. The highest BCUT2D eigenvalue weighted by Gasteiger charge is 2.15. The first-order valence-corrected chi connectivity index (χ1v) is 9.56. The molecule has 0 fully saturated rings. The van der Waals surface area contributed by atoms with Crippen molar-refractivity contribution in [3.63, 3.8) is 0 Å². The van der Waals surface area contributed by atoms with Crippen molar-refractivity contribution in [2.24, 2.45) is 4.99 Å². The van der Waals surface area contributed by atoms with Gasteiger partial charge in [-0.1, -0.05) is 37.3 Å². The minimum Gasteiger partial charge on any atom is -0.497 e. The van der Waals surface area contributed by atoms with Gasteiger partial charge in [-0.05, 0) is 30.7 Å². The van der Waals surface area contributed by atoms with Gasteiger partial charge >= 0.3 is 0 Å². The fourth-order valence-electron chi connectivity index (χ4n) is 2.86. The SMILES string of the molecule is CCNC(=NCC(C)c1ccccc1)NCC(O)c1cc(OC)ccc1OC.I. The first-order chi connectivity index (χ1) is 13.6. The second kappa shape index (κ2) is 13.3. The van der Waals surface area contributed by atoms with Gasteiger partial charge in [-0.2, -0.15) is 0 Å². The van der Waals surface area contributed by atoms with E-state index in [-0.39, 0.29) is 24.0 Å². The number of nitrogens with zero attached hydrogens (tertiary/aromatic N) is 1. The summed E-state index contributed by atoms with van der Waals surface area (Å²) < 4.78 is 10.6. The van der Waals surface area contributed by atoms with Gasteiger partial charge in [0.15, 0.2) is 5.96 Å². The maximum absolute atomic E-state index is 10.6. The summed E-state index contributed by atoms with van der Waals surface area (Å²) >= 11 is 0. The molecule has 0 bridgehead atoms. The molecule has 0 aromatic heterocycles. The number of aliphatic hydroxyl groups excluding tert-OH is 1. The van der Waals surface area contributed by atoms with Crippen molar-refractivity contribution in [1.29, 1.82) is 0 Å². The molecule has 3 N–H and O–H groups in total. The molecule has 2 rings (SSSR count). The van der Waals surface area contributed by atoms with Crippen LogP contribution in [0.15, 0.2) is 53.5 Å². The van der Waals surface area contributed by atoms with Crippen LogP contribution in [0.2, 0.25) is 0 Å². The van der Waals surface area contributed by atoms with Crippen LogP contribution in [-0.2, 0) is 0 Å².